The summed E-state index contributed by atoms with van der Waals surface area (Å²) in [6, 6.07) is 15.8. The fourth-order valence-electron chi connectivity index (χ4n) is 4.07. The summed E-state index contributed by atoms with van der Waals surface area (Å²) in [5.41, 5.74) is 6.81. The molecule has 2 aromatic heterocycles. The van der Waals surface area contributed by atoms with E-state index in [1.807, 2.05) is 49.4 Å². The van der Waals surface area contributed by atoms with Crippen molar-refractivity contribution >= 4 is 29.3 Å². The second kappa shape index (κ2) is 11.4. The number of aryl methyl sites for hydroxylation is 2. The van der Waals surface area contributed by atoms with Crippen LogP contribution < -0.4 is 21.4 Å². The van der Waals surface area contributed by atoms with Gasteiger partial charge in [-0.05, 0) is 48.2 Å². The molecular formula is C27H27N5O5. The Labute approximate surface area is 212 Å². The number of hydrazine groups is 1. The number of aromatic nitrogens is 2. The summed E-state index contributed by atoms with van der Waals surface area (Å²) < 4.78 is 5.64. The number of amides is 1. The van der Waals surface area contributed by atoms with Crippen LogP contribution in [0.1, 0.15) is 27.9 Å². The third-order valence-electron chi connectivity index (χ3n) is 6.13. The number of rotatable bonds is 10. The van der Waals surface area contributed by atoms with Gasteiger partial charge in [0, 0.05) is 31.4 Å². The number of carboxylic acid groups (broad SMARTS) is 1. The van der Waals surface area contributed by atoms with E-state index in [1.54, 1.807) is 25.3 Å². The van der Waals surface area contributed by atoms with E-state index >= 15 is 0 Å². The smallest absolute Gasteiger partial charge is 0.404 e. The lowest BCUT2D eigenvalue weighted by atomic mass is 10.0. The number of hydrogen-bond donors (Lipinski definition) is 3. The molecule has 190 valence electrons. The lowest BCUT2D eigenvalue weighted by molar-refractivity contribution is -0.109. The maximum atomic E-state index is 13.1. The van der Waals surface area contributed by atoms with Gasteiger partial charge in [-0.3, -0.25) is 9.99 Å². The Hall–Kier alpha value is -4.57. The van der Waals surface area contributed by atoms with Crippen LogP contribution in [0.2, 0.25) is 0 Å². The van der Waals surface area contributed by atoms with E-state index in [2.05, 4.69) is 20.7 Å². The van der Waals surface area contributed by atoms with E-state index in [1.165, 1.54) is 5.01 Å². The Balaban J connectivity index is 1.73. The quantitative estimate of drug-likeness (QED) is 0.221. The molecule has 0 saturated carbocycles. The van der Waals surface area contributed by atoms with E-state index in [4.69, 9.17) is 9.52 Å². The molecule has 0 aliphatic heterocycles. The molecule has 10 nitrogen and oxygen atoms in total. The molecule has 0 bridgehead atoms. The highest BCUT2D eigenvalue weighted by molar-refractivity contribution is 5.83. The molecule has 0 aliphatic carbocycles. The Kier molecular flexibility index (Phi) is 7.89. The SMILES string of the molecule is Cc1ncccc1CNN(c1nc2ccc(CNC(=O)O)c(C)c2c(=O)o1)[C@H](C=O)Cc1ccccc1. The molecule has 10 heteroatoms. The van der Waals surface area contributed by atoms with Gasteiger partial charge in [-0.2, -0.15) is 4.98 Å². The van der Waals surface area contributed by atoms with Gasteiger partial charge in [0.15, 0.2) is 0 Å². The minimum Gasteiger partial charge on any atom is -0.465 e. The molecule has 4 rings (SSSR count). The summed E-state index contributed by atoms with van der Waals surface area (Å²) in [6.07, 6.45) is 1.68. The Morgan fingerprint density at radius 3 is 2.57 bits per heavy atom. The van der Waals surface area contributed by atoms with Crippen LogP contribution in [-0.2, 0) is 24.3 Å². The Bertz CT molecular complexity index is 1470. The van der Waals surface area contributed by atoms with Crippen molar-refractivity contribution in [1.82, 2.24) is 20.7 Å². The highest BCUT2D eigenvalue weighted by Gasteiger charge is 2.24. The predicted molar refractivity (Wildman–Crippen MR) is 138 cm³/mol. The number of carbonyl (C=O) groups is 2. The summed E-state index contributed by atoms with van der Waals surface area (Å²) in [5.74, 6) is 0. The summed E-state index contributed by atoms with van der Waals surface area (Å²) in [7, 11) is 0. The van der Waals surface area contributed by atoms with Crippen molar-refractivity contribution in [3.63, 3.8) is 0 Å². The molecule has 37 heavy (non-hydrogen) atoms. The van der Waals surface area contributed by atoms with Crippen LogP contribution in [-0.4, -0.2) is 33.5 Å². The minimum absolute atomic E-state index is 0.0424. The van der Waals surface area contributed by atoms with Gasteiger partial charge in [0.25, 0.3) is 0 Å². The number of fused-ring (bicyclic) bond motifs is 1. The van der Waals surface area contributed by atoms with Crippen molar-refractivity contribution in [2.45, 2.75) is 39.4 Å². The van der Waals surface area contributed by atoms with Gasteiger partial charge < -0.3 is 19.6 Å². The first-order valence-corrected chi connectivity index (χ1v) is 11.7. The van der Waals surface area contributed by atoms with Crippen molar-refractivity contribution in [3.05, 3.63) is 99.2 Å². The zero-order valence-electron chi connectivity index (χ0n) is 20.5. The molecule has 2 heterocycles. The maximum Gasteiger partial charge on any atom is 0.404 e. The highest BCUT2D eigenvalue weighted by Crippen LogP contribution is 2.22. The lowest BCUT2D eigenvalue weighted by Crippen LogP contribution is -2.48. The van der Waals surface area contributed by atoms with Crippen LogP contribution in [0.4, 0.5) is 10.8 Å². The molecule has 0 saturated heterocycles. The van der Waals surface area contributed by atoms with Gasteiger partial charge in [0.1, 0.15) is 12.3 Å². The first-order valence-electron chi connectivity index (χ1n) is 11.7. The fourth-order valence-corrected chi connectivity index (χ4v) is 4.07. The number of nitrogens with zero attached hydrogens (tertiary/aromatic N) is 3. The van der Waals surface area contributed by atoms with E-state index in [0.29, 0.717) is 29.6 Å². The molecular weight excluding hydrogens is 474 g/mol. The van der Waals surface area contributed by atoms with Crippen molar-refractivity contribution in [2.75, 3.05) is 5.01 Å². The van der Waals surface area contributed by atoms with E-state index in [0.717, 1.165) is 23.1 Å². The monoisotopic (exact) mass is 501 g/mol. The summed E-state index contributed by atoms with van der Waals surface area (Å²) in [5, 5.41) is 12.9. The lowest BCUT2D eigenvalue weighted by Gasteiger charge is -2.28. The first kappa shape index (κ1) is 25.5. The molecule has 0 radical (unpaired) electrons. The number of aldehydes is 1. The summed E-state index contributed by atoms with van der Waals surface area (Å²) in [4.78, 5) is 45.2. The second-order valence-corrected chi connectivity index (χ2v) is 8.53. The van der Waals surface area contributed by atoms with Crippen LogP contribution in [0, 0.1) is 13.8 Å². The van der Waals surface area contributed by atoms with E-state index < -0.39 is 17.8 Å². The van der Waals surface area contributed by atoms with Crippen LogP contribution in [0.3, 0.4) is 0 Å². The van der Waals surface area contributed by atoms with Gasteiger partial charge >= 0.3 is 17.7 Å². The van der Waals surface area contributed by atoms with Gasteiger partial charge in [-0.25, -0.2) is 15.0 Å². The predicted octanol–water partition coefficient (Wildman–Crippen LogP) is 3.29. The molecule has 2 aromatic carbocycles. The van der Waals surface area contributed by atoms with Gasteiger partial charge in [-0.1, -0.05) is 42.5 Å². The molecule has 3 N–H and O–H groups in total. The summed E-state index contributed by atoms with van der Waals surface area (Å²) in [6.45, 7) is 3.96. The summed E-state index contributed by atoms with van der Waals surface area (Å²) >= 11 is 0. The Morgan fingerprint density at radius 1 is 1.08 bits per heavy atom. The van der Waals surface area contributed by atoms with Crippen LogP contribution >= 0.6 is 0 Å². The number of nitrogens with one attached hydrogen (secondary N) is 2. The average Bonchev–Trinajstić information content (AvgIpc) is 2.89. The Morgan fingerprint density at radius 2 is 1.86 bits per heavy atom. The number of pyridine rings is 1. The highest BCUT2D eigenvalue weighted by atomic mass is 16.4. The molecule has 0 aliphatic rings. The number of benzene rings is 2. The van der Waals surface area contributed by atoms with Crippen LogP contribution in [0.5, 0.6) is 0 Å². The minimum atomic E-state index is -1.16. The van der Waals surface area contributed by atoms with Crippen LogP contribution in [0.15, 0.2) is 70.0 Å². The largest absolute Gasteiger partial charge is 0.465 e. The molecule has 4 aromatic rings. The third kappa shape index (κ3) is 5.99. The average molecular weight is 502 g/mol. The third-order valence-corrected chi connectivity index (χ3v) is 6.13. The first-order chi connectivity index (χ1) is 17.9. The number of anilines is 1. The molecule has 0 fully saturated rings. The van der Waals surface area contributed by atoms with Crippen molar-refractivity contribution < 1.29 is 19.1 Å². The standard InChI is InChI=1S/C27H27N5O5/c1-17-20(14-29-27(35)36)10-11-23-24(17)25(34)37-26(31-23)32(30-15-21-9-6-12-28-18(21)2)22(16-33)13-19-7-4-3-5-8-19/h3-12,16,22,29-30H,13-15H2,1-2H3,(H,35,36)/t22-/m0/s1. The van der Waals surface area contributed by atoms with Crippen molar-refractivity contribution in [1.29, 1.82) is 0 Å². The molecule has 1 amide bonds. The number of hydrogen-bond acceptors (Lipinski definition) is 8. The zero-order chi connectivity index (χ0) is 26.4. The molecule has 0 unspecified atom stereocenters. The normalized spacial score (nSPS) is 11.7. The molecule has 1 atom stereocenters. The van der Waals surface area contributed by atoms with Gasteiger partial charge in [-0.15, -0.1) is 0 Å². The van der Waals surface area contributed by atoms with E-state index in [9.17, 15) is 14.4 Å². The van der Waals surface area contributed by atoms with Crippen LogP contribution in [0.25, 0.3) is 10.9 Å². The van der Waals surface area contributed by atoms with Crippen molar-refractivity contribution in [2.24, 2.45) is 0 Å². The maximum absolute atomic E-state index is 13.1. The number of carbonyl (C=O) groups excluding carboxylic acids is 1. The van der Waals surface area contributed by atoms with Crippen molar-refractivity contribution in [3.8, 4) is 0 Å². The molecule has 0 spiro atoms. The zero-order valence-corrected chi connectivity index (χ0v) is 20.5. The van der Waals surface area contributed by atoms with Gasteiger partial charge in [0.2, 0.25) is 0 Å². The van der Waals surface area contributed by atoms with E-state index in [-0.39, 0.29) is 17.9 Å². The topological polar surface area (TPSA) is 138 Å². The second-order valence-electron chi connectivity index (χ2n) is 8.53. The van der Waals surface area contributed by atoms with Gasteiger partial charge in [0.05, 0.1) is 10.9 Å². The fraction of sp³-hybridized carbons (Fsp3) is 0.222.